The zero-order chi connectivity index (χ0) is 20.9. The molecule has 2 rings (SSSR count). The first-order valence-electron chi connectivity index (χ1n) is 10.0. The fourth-order valence-electron chi connectivity index (χ4n) is 2.84. The van der Waals surface area contributed by atoms with E-state index in [4.69, 9.17) is 9.47 Å². The predicted octanol–water partition coefficient (Wildman–Crippen LogP) is 5.01. The van der Waals surface area contributed by atoms with Crippen molar-refractivity contribution in [2.75, 3.05) is 19.8 Å². The van der Waals surface area contributed by atoms with E-state index < -0.39 is 5.97 Å². The number of benzene rings is 2. The minimum absolute atomic E-state index is 0.0297. The molecule has 154 valence electrons. The summed E-state index contributed by atoms with van der Waals surface area (Å²) in [6.45, 7) is 4.82. The number of nitrogens with zero attached hydrogens (tertiary/aromatic N) is 1. The Bertz CT molecular complexity index is 828. The number of hydrogen-bond acceptors (Lipinski definition) is 5. The van der Waals surface area contributed by atoms with E-state index in [9.17, 15) is 9.90 Å². The second-order valence-electron chi connectivity index (χ2n) is 6.39. The Morgan fingerprint density at radius 3 is 2.45 bits per heavy atom. The number of aliphatic hydroxyl groups is 1. The van der Waals surface area contributed by atoms with E-state index in [0.29, 0.717) is 24.5 Å². The topological polar surface area (TPSA) is 68.1 Å². The third-order valence-corrected chi connectivity index (χ3v) is 4.26. The lowest BCUT2D eigenvalue weighted by Crippen LogP contribution is -2.12. The minimum atomic E-state index is -0.607. The second-order valence-corrected chi connectivity index (χ2v) is 6.39. The Morgan fingerprint density at radius 2 is 1.72 bits per heavy atom. The summed E-state index contributed by atoms with van der Waals surface area (Å²) in [6, 6.07) is 17.3. The molecule has 0 fully saturated rings. The molecular formula is C24H29NO4. The van der Waals surface area contributed by atoms with Crippen molar-refractivity contribution in [3.05, 3.63) is 71.3 Å². The Balaban J connectivity index is 2.08. The fourth-order valence-corrected chi connectivity index (χ4v) is 2.84. The molecule has 5 heteroatoms. The van der Waals surface area contributed by atoms with Crippen molar-refractivity contribution in [1.82, 2.24) is 0 Å². The summed E-state index contributed by atoms with van der Waals surface area (Å²) < 4.78 is 10.7. The van der Waals surface area contributed by atoms with Crippen molar-refractivity contribution in [2.24, 2.45) is 4.99 Å². The van der Waals surface area contributed by atoms with Gasteiger partial charge in [-0.2, -0.15) is 0 Å². The number of carbonyl (C=O) groups excluding carboxylic acids is 1. The molecule has 0 heterocycles. The summed E-state index contributed by atoms with van der Waals surface area (Å²) in [6.07, 6.45) is 4.28. The molecule has 29 heavy (non-hydrogen) atoms. The van der Waals surface area contributed by atoms with Crippen molar-refractivity contribution in [3.8, 4) is 5.75 Å². The number of para-hydroxylation sites is 1. The average Bonchev–Trinajstić information content (AvgIpc) is 2.74. The number of aliphatic hydroxyl groups excluding tert-OH is 1. The van der Waals surface area contributed by atoms with E-state index in [1.54, 1.807) is 25.1 Å². The molecule has 0 aliphatic carbocycles. The molecule has 2 aromatic rings. The summed E-state index contributed by atoms with van der Waals surface area (Å²) in [5.41, 5.74) is 1.77. The molecular weight excluding hydrogens is 366 g/mol. The highest BCUT2D eigenvalue weighted by atomic mass is 16.5. The van der Waals surface area contributed by atoms with Gasteiger partial charge in [0.05, 0.1) is 18.8 Å². The van der Waals surface area contributed by atoms with Crippen LogP contribution in [0.15, 0.2) is 65.2 Å². The van der Waals surface area contributed by atoms with Crippen LogP contribution in [0.25, 0.3) is 5.76 Å². The van der Waals surface area contributed by atoms with Crippen LogP contribution in [-0.4, -0.2) is 37.0 Å². The van der Waals surface area contributed by atoms with Crippen LogP contribution in [0.5, 0.6) is 5.75 Å². The van der Waals surface area contributed by atoms with Crippen molar-refractivity contribution < 1.29 is 19.4 Å². The number of aryl methyl sites for hydroxylation is 1. The maximum Gasteiger partial charge on any atom is 0.343 e. The number of carbonyl (C=O) groups is 1. The highest BCUT2D eigenvalue weighted by molar-refractivity contribution is 6.15. The van der Waals surface area contributed by atoms with Gasteiger partial charge < -0.3 is 14.6 Å². The largest absolute Gasteiger partial charge is 0.506 e. The summed E-state index contributed by atoms with van der Waals surface area (Å²) in [5, 5.41) is 10.7. The number of esters is 1. The zero-order valence-corrected chi connectivity index (χ0v) is 17.1. The van der Waals surface area contributed by atoms with Gasteiger partial charge in [-0.05, 0) is 50.8 Å². The summed E-state index contributed by atoms with van der Waals surface area (Å²) in [7, 11) is 0. The van der Waals surface area contributed by atoms with E-state index in [1.165, 1.54) is 11.8 Å². The number of hydrogen-bond donors (Lipinski definition) is 1. The van der Waals surface area contributed by atoms with Gasteiger partial charge in [-0.1, -0.05) is 42.5 Å². The first-order chi connectivity index (χ1) is 14.2. The number of ether oxygens (including phenoxy) is 2. The molecule has 5 nitrogen and oxygen atoms in total. The monoisotopic (exact) mass is 395 g/mol. The van der Waals surface area contributed by atoms with Gasteiger partial charge in [0, 0.05) is 12.8 Å². The van der Waals surface area contributed by atoms with Crippen LogP contribution >= 0.6 is 0 Å². The van der Waals surface area contributed by atoms with E-state index in [0.717, 1.165) is 19.3 Å². The average molecular weight is 395 g/mol. The van der Waals surface area contributed by atoms with Crippen LogP contribution in [0, 0.1) is 0 Å². The molecule has 0 radical (unpaired) electrons. The standard InChI is InChI=1S/C24H29NO4/c1-3-28-22-16-9-8-15-20(22)23(26)21(24(27)29-4-2)18-25-17-11-10-14-19-12-6-5-7-13-19/h5-9,12-13,15-16,18,26H,3-4,10-11,14,17H2,1-2H3. The van der Waals surface area contributed by atoms with Crippen molar-refractivity contribution in [3.63, 3.8) is 0 Å². The van der Waals surface area contributed by atoms with E-state index in [-0.39, 0.29) is 17.9 Å². The lowest BCUT2D eigenvalue weighted by molar-refractivity contribution is -0.137. The summed E-state index contributed by atoms with van der Waals surface area (Å²) in [4.78, 5) is 16.7. The Morgan fingerprint density at radius 1 is 1.00 bits per heavy atom. The first kappa shape index (κ1) is 22.2. The quantitative estimate of drug-likeness (QED) is 0.191. The molecule has 0 saturated carbocycles. The number of unbranched alkanes of at least 4 members (excludes halogenated alkanes) is 1. The van der Waals surface area contributed by atoms with Crippen LogP contribution in [-0.2, 0) is 16.0 Å². The molecule has 2 aromatic carbocycles. The highest BCUT2D eigenvalue weighted by Gasteiger charge is 2.18. The Labute approximate surface area is 172 Å². The molecule has 0 spiro atoms. The van der Waals surface area contributed by atoms with Crippen LogP contribution in [0.4, 0.5) is 0 Å². The van der Waals surface area contributed by atoms with Crippen molar-refractivity contribution in [2.45, 2.75) is 33.1 Å². The smallest absolute Gasteiger partial charge is 0.343 e. The molecule has 0 saturated heterocycles. The normalized spacial score (nSPS) is 11.9. The van der Waals surface area contributed by atoms with Crippen molar-refractivity contribution in [1.29, 1.82) is 0 Å². The van der Waals surface area contributed by atoms with Gasteiger partial charge in [0.1, 0.15) is 17.1 Å². The molecule has 0 bridgehead atoms. The molecule has 0 aliphatic heterocycles. The van der Waals surface area contributed by atoms with Gasteiger partial charge in [-0.15, -0.1) is 0 Å². The zero-order valence-electron chi connectivity index (χ0n) is 17.1. The van der Waals surface area contributed by atoms with E-state index in [2.05, 4.69) is 17.1 Å². The van der Waals surface area contributed by atoms with Gasteiger partial charge in [0.15, 0.2) is 0 Å². The van der Waals surface area contributed by atoms with Gasteiger partial charge in [-0.3, -0.25) is 4.99 Å². The Kier molecular flexibility index (Phi) is 9.49. The fraction of sp³-hybridized carbons (Fsp3) is 0.333. The SMILES string of the molecule is CCOC(=O)C(C=NCCCCc1ccccc1)=C(O)c1ccccc1OCC. The van der Waals surface area contributed by atoms with E-state index in [1.807, 2.05) is 31.2 Å². The Hall–Kier alpha value is -3.08. The van der Waals surface area contributed by atoms with E-state index >= 15 is 0 Å². The van der Waals surface area contributed by atoms with Gasteiger partial charge in [-0.25, -0.2) is 4.79 Å². The van der Waals surface area contributed by atoms with Gasteiger partial charge >= 0.3 is 5.97 Å². The molecule has 0 unspecified atom stereocenters. The molecule has 0 aromatic heterocycles. The van der Waals surface area contributed by atoms with Crippen LogP contribution in [0.3, 0.4) is 0 Å². The maximum absolute atomic E-state index is 12.4. The van der Waals surface area contributed by atoms with Crippen LogP contribution < -0.4 is 4.74 Å². The molecule has 1 N–H and O–H groups in total. The lowest BCUT2D eigenvalue weighted by Gasteiger charge is -2.11. The predicted molar refractivity (Wildman–Crippen MR) is 117 cm³/mol. The molecule has 0 amide bonds. The molecule has 0 atom stereocenters. The first-order valence-corrected chi connectivity index (χ1v) is 10.0. The third-order valence-electron chi connectivity index (χ3n) is 4.26. The van der Waals surface area contributed by atoms with Crippen LogP contribution in [0.1, 0.15) is 37.8 Å². The van der Waals surface area contributed by atoms with Gasteiger partial charge in [0.2, 0.25) is 0 Å². The van der Waals surface area contributed by atoms with Crippen LogP contribution in [0.2, 0.25) is 0 Å². The van der Waals surface area contributed by atoms with Gasteiger partial charge in [0.25, 0.3) is 0 Å². The second kappa shape index (κ2) is 12.4. The number of aliphatic imine (C=N–C) groups is 1. The lowest BCUT2D eigenvalue weighted by atomic mass is 10.1. The number of rotatable bonds is 11. The summed E-state index contributed by atoms with van der Waals surface area (Å²) in [5.74, 6) is -0.296. The highest BCUT2D eigenvalue weighted by Crippen LogP contribution is 2.26. The molecule has 0 aliphatic rings. The van der Waals surface area contributed by atoms with Crippen molar-refractivity contribution >= 4 is 17.9 Å². The third kappa shape index (κ3) is 7.11. The minimum Gasteiger partial charge on any atom is -0.506 e. The summed E-state index contributed by atoms with van der Waals surface area (Å²) >= 11 is 0. The maximum atomic E-state index is 12.4.